The lowest BCUT2D eigenvalue weighted by atomic mass is 10.1. The maximum absolute atomic E-state index is 12.1. The molecular weight excluding hydrogens is 276 g/mol. The molecule has 0 spiro atoms. The molecule has 0 unspecified atom stereocenters. The van der Waals surface area contributed by atoms with Crippen LogP contribution in [0.4, 0.5) is 5.69 Å². The molecule has 0 aliphatic heterocycles. The van der Waals surface area contributed by atoms with Crippen molar-refractivity contribution < 1.29 is 9.53 Å². The summed E-state index contributed by atoms with van der Waals surface area (Å²) in [5, 5.41) is 2.94. The van der Waals surface area contributed by atoms with Crippen LogP contribution in [0.3, 0.4) is 0 Å². The Balaban J connectivity index is 1.90. The van der Waals surface area contributed by atoms with Gasteiger partial charge in [-0.3, -0.25) is 4.79 Å². The van der Waals surface area contributed by atoms with Crippen LogP contribution in [-0.2, 0) is 17.8 Å². The highest BCUT2D eigenvalue weighted by atomic mass is 16.5. The summed E-state index contributed by atoms with van der Waals surface area (Å²) >= 11 is 0. The average molecular weight is 298 g/mol. The Kier molecular flexibility index (Phi) is 5.42. The molecule has 0 radical (unpaired) electrons. The molecule has 22 heavy (non-hydrogen) atoms. The van der Waals surface area contributed by atoms with Gasteiger partial charge in [0.25, 0.3) is 0 Å². The molecule has 1 amide bonds. The van der Waals surface area contributed by atoms with Gasteiger partial charge in [-0.1, -0.05) is 30.3 Å². The number of methoxy groups -OCH3 is 1. The van der Waals surface area contributed by atoms with Crippen molar-refractivity contribution in [1.82, 2.24) is 5.32 Å². The quantitative estimate of drug-likeness (QED) is 0.891. The number of rotatable bonds is 6. The summed E-state index contributed by atoms with van der Waals surface area (Å²) in [5.74, 6) is 0.731. The summed E-state index contributed by atoms with van der Waals surface area (Å²) in [7, 11) is 5.62. The van der Waals surface area contributed by atoms with E-state index < -0.39 is 0 Å². The first kappa shape index (κ1) is 15.9. The van der Waals surface area contributed by atoms with Crippen LogP contribution in [0.1, 0.15) is 11.1 Å². The molecule has 2 rings (SSSR count). The highest BCUT2D eigenvalue weighted by molar-refractivity contribution is 5.79. The van der Waals surface area contributed by atoms with Crippen molar-refractivity contribution in [2.75, 3.05) is 26.1 Å². The number of benzene rings is 2. The second-order valence-corrected chi connectivity index (χ2v) is 5.33. The van der Waals surface area contributed by atoms with Crippen molar-refractivity contribution >= 4 is 11.6 Å². The SMILES string of the molecule is COc1ccccc1CC(=O)NCc1ccc(N(C)C)cc1. The van der Waals surface area contributed by atoms with Crippen LogP contribution in [0.2, 0.25) is 0 Å². The van der Waals surface area contributed by atoms with Crippen LogP contribution in [-0.4, -0.2) is 27.1 Å². The van der Waals surface area contributed by atoms with Crippen molar-refractivity contribution in [2.45, 2.75) is 13.0 Å². The first-order chi connectivity index (χ1) is 10.6. The Labute approximate surface area is 131 Å². The number of carbonyl (C=O) groups is 1. The number of hydrogen-bond donors (Lipinski definition) is 1. The van der Waals surface area contributed by atoms with Gasteiger partial charge in [-0.2, -0.15) is 0 Å². The van der Waals surface area contributed by atoms with E-state index in [4.69, 9.17) is 4.74 Å². The number of hydrogen-bond acceptors (Lipinski definition) is 3. The van der Waals surface area contributed by atoms with Gasteiger partial charge in [0.05, 0.1) is 13.5 Å². The number of nitrogens with one attached hydrogen (secondary N) is 1. The molecule has 0 atom stereocenters. The predicted octanol–water partition coefficient (Wildman–Crippen LogP) is 2.62. The number of carbonyl (C=O) groups excluding carboxylic acids is 1. The lowest BCUT2D eigenvalue weighted by Crippen LogP contribution is -2.24. The largest absolute Gasteiger partial charge is 0.496 e. The van der Waals surface area contributed by atoms with Crippen LogP contribution in [0.5, 0.6) is 5.75 Å². The number of amides is 1. The van der Waals surface area contributed by atoms with Crippen LogP contribution in [0, 0.1) is 0 Å². The summed E-state index contributed by atoms with van der Waals surface area (Å²) in [6.45, 7) is 0.529. The smallest absolute Gasteiger partial charge is 0.224 e. The van der Waals surface area contributed by atoms with Gasteiger partial charge in [0.15, 0.2) is 0 Å². The van der Waals surface area contributed by atoms with E-state index in [0.29, 0.717) is 13.0 Å². The molecule has 0 saturated carbocycles. The monoisotopic (exact) mass is 298 g/mol. The van der Waals surface area contributed by atoms with E-state index in [-0.39, 0.29) is 5.91 Å². The Morgan fingerprint density at radius 1 is 1.09 bits per heavy atom. The highest BCUT2D eigenvalue weighted by Crippen LogP contribution is 2.17. The minimum atomic E-state index is -0.0128. The maximum Gasteiger partial charge on any atom is 0.224 e. The molecule has 0 saturated heterocycles. The molecule has 0 aromatic heterocycles. The van der Waals surface area contributed by atoms with Crippen molar-refractivity contribution in [3.8, 4) is 5.75 Å². The van der Waals surface area contributed by atoms with Gasteiger partial charge in [-0.15, -0.1) is 0 Å². The molecule has 2 aromatic rings. The summed E-state index contributed by atoms with van der Waals surface area (Å²) in [6.07, 6.45) is 0.319. The summed E-state index contributed by atoms with van der Waals surface area (Å²) < 4.78 is 5.26. The first-order valence-corrected chi connectivity index (χ1v) is 7.25. The van der Waals surface area contributed by atoms with Gasteiger partial charge in [0.1, 0.15) is 5.75 Å². The predicted molar refractivity (Wildman–Crippen MR) is 89.3 cm³/mol. The zero-order valence-corrected chi connectivity index (χ0v) is 13.3. The molecular formula is C18H22N2O2. The van der Waals surface area contributed by atoms with E-state index >= 15 is 0 Å². The van der Waals surface area contributed by atoms with E-state index in [0.717, 1.165) is 22.6 Å². The van der Waals surface area contributed by atoms with Gasteiger partial charge in [-0.25, -0.2) is 0 Å². The first-order valence-electron chi connectivity index (χ1n) is 7.25. The molecule has 0 bridgehead atoms. The molecule has 4 heteroatoms. The fourth-order valence-electron chi connectivity index (χ4n) is 2.20. The van der Waals surface area contributed by atoms with Crippen LogP contribution in [0.15, 0.2) is 48.5 Å². The normalized spacial score (nSPS) is 10.1. The molecule has 0 aliphatic carbocycles. The second-order valence-electron chi connectivity index (χ2n) is 5.33. The zero-order valence-electron chi connectivity index (χ0n) is 13.3. The highest BCUT2D eigenvalue weighted by Gasteiger charge is 2.08. The average Bonchev–Trinajstić information content (AvgIpc) is 2.54. The van der Waals surface area contributed by atoms with Crippen molar-refractivity contribution in [1.29, 1.82) is 0 Å². The maximum atomic E-state index is 12.1. The third-order valence-electron chi connectivity index (χ3n) is 3.49. The van der Waals surface area contributed by atoms with Gasteiger partial charge in [0.2, 0.25) is 5.91 Å². The Hall–Kier alpha value is -2.49. The van der Waals surface area contributed by atoms with E-state index in [1.54, 1.807) is 7.11 Å². The lowest BCUT2D eigenvalue weighted by molar-refractivity contribution is -0.120. The standard InChI is InChI=1S/C18H22N2O2/c1-20(2)16-10-8-14(9-11-16)13-19-18(21)12-15-6-4-5-7-17(15)22-3/h4-11H,12-13H2,1-3H3,(H,19,21). The fraction of sp³-hybridized carbons (Fsp3) is 0.278. The second kappa shape index (κ2) is 7.50. The molecule has 0 aliphatic rings. The van der Waals surface area contributed by atoms with Crippen molar-refractivity contribution in [3.63, 3.8) is 0 Å². The zero-order chi connectivity index (χ0) is 15.9. The molecule has 0 fully saturated rings. The van der Waals surface area contributed by atoms with E-state index in [1.807, 2.05) is 67.5 Å². The Morgan fingerprint density at radius 2 is 1.77 bits per heavy atom. The van der Waals surface area contributed by atoms with Crippen molar-refractivity contribution in [2.24, 2.45) is 0 Å². The number of para-hydroxylation sites is 1. The molecule has 4 nitrogen and oxygen atoms in total. The summed E-state index contributed by atoms with van der Waals surface area (Å²) in [4.78, 5) is 14.1. The summed E-state index contributed by atoms with van der Waals surface area (Å²) in [6, 6.07) is 15.7. The topological polar surface area (TPSA) is 41.6 Å². The van der Waals surface area contributed by atoms with Crippen molar-refractivity contribution in [3.05, 3.63) is 59.7 Å². The van der Waals surface area contributed by atoms with Crippen LogP contribution < -0.4 is 15.0 Å². The number of anilines is 1. The third-order valence-corrected chi connectivity index (χ3v) is 3.49. The molecule has 116 valence electrons. The molecule has 1 N–H and O–H groups in total. The fourth-order valence-corrected chi connectivity index (χ4v) is 2.20. The van der Waals surface area contributed by atoms with E-state index in [9.17, 15) is 4.79 Å². The van der Waals surface area contributed by atoms with Crippen LogP contribution >= 0.6 is 0 Å². The molecule has 2 aromatic carbocycles. The number of nitrogens with zero attached hydrogens (tertiary/aromatic N) is 1. The van der Waals surface area contributed by atoms with Gasteiger partial charge >= 0.3 is 0 Å². The van der Waals surface area contributed by atoms with Gasteiger partial charge in [0, 0.05) is 31.9 Å². The minimum absolute atomic E-state index is 0.0128. The van der Waals surface area contributed by atoms with Crippen LogP contribution in [0.25, 0.3) is 0 Å². The Bertz CT molecular complexity index is 621. The summed E-state index contributed by atoms with van der Waals surface area (Å²) in [5.41, 5.74) is 3.12. The molecule has 0 heterocycles. The van der Waals surface area contributed by atoms with E-state index in [1.165, 1.54) is 0 Å². The Morgan fingerprint density at radius 3 is 2.41 bits per heavy atom. The lowest BCUT2D eigenvalue weighted by Gasteiger charge is -2.13. The van der Waals surface area contributed by atoms with E-state index in [2.05, 4.69) is 5.32 Å². The van der Waals surface area contributed by atoms with Gasteiger partial charge in [-0.05, 0) is 23.8 Å². The minimum Gasteiger partial charge on any atom is -0.496 e. The van der Waals surface area contributed by atoms with Gasteiger partial charge < -0.3 is 15.0 Å². The third kappa shape index (κ3) is 4.25. The number of ether oxygens (including phenoxy) is 1.